The van der Waals surface area contributed by atoms with Gasteiger partial charge in [0, 0.05) is 25.9 Å². The Bertz CT molecular complexity index is 1060. The van der Waals surface area contributed by atoms with Crippen LogP contribution < -0.4 is 10.6 Å². The van der Waals surface area contributed by atoms with Gasteiger partial charge in [-0.25, -0.2) is 8.42 Å². The molecule has 3 rings (SSSR count). The van der Waals surface area contributed by atoms with Crippen molar-refractivity contribution >= 4 is 44.5 Å². The number of piperidine rings is 1. The zero-order chi connectivity index (χ0) is 22.8. The zero-order valence-corrected chi connectivity index (χ0v) is 18.0. The average molecular weight is 476 g/mol. The van der Waals surface area contributed by atoms with Gasteiger partial charge in [0.1, 0.15) is 4.21 Å². The normalized spacial score (nSPS) is 16.1. The van der Waals surface area contributed by atoms with E-state index in [-0.39, 0.29) is 41.5 Å². The SMILES string of the molecule is CC(=O)Nc1ccc(C(F)(F)F)cc1NC(=O)C1CCN(S(=O)(=O)c2cccs2)CC1. The number of nitrogens with zero attached hydrogens (tertiary/aromatic N) is 1. The van der Waals surface area contributed by atoms with E-state index in [9.17, 15) is 31.2 Å². The molecule has 1 aromatic heterocycles. The number of rotatable bonds is 5. The fraction of sp³-hybridized carbons (Fsp3) is 0.368. The number of anilines is 2. The molecular formula is C19H20F3N3O4S2. The molecule has 2 N–H and O–H groups in total. The van der Waals surface area contributed by atoms with Gasteiger partial charge in [0.2, 0.25) is 11.8 Å². The van der Waals surface area contributed by atoms with Gasteiger partial charge >= 0.3 is 6.18 Å². The lowest BCUT2D eigenvalue weighted by Crippen LogP contribution is -2.41. The molecule has 0 unspecified atom stereocenters. The Hall–Kier alpha value is -2.44. The van der Waals surface area contributed by atoms with Crippen molar-refractivity contribution < 1.29 is 31.2 Å². The van der Waals surface area contributed by atoms with Crippen LogP contribution in [0.4, 0.5) is 24.5 Å². The summed E-state index contributed by atoms with van der Waals surface area (Å²) in [6, 6.07) is 5.81. The highest BCUT2D eigenvalue weighted by Gasteiger charge is 2.34. The Morgan fingerprint density at radius 1 is 1.10 bits per heavy atom. The molecule has 2 heterocycles. The second-order valence-electron chi connectivity index (χ2n) is 7.04. The second kappa shape index (κ2) is 8.97. The van der Waals surface area contributed by atoms with E-state index < -0.39 is 39.5 Å². The van der Waals surface area contributed by atoms with E-state index in [1.54, 1.807) is 11.4 Å². The molecule has 1 aliphatic heterocycles. The Morgan fingerprint density at radius 2 is 1.77 bits per heavy atom. The number of benzene rings is 1. The number of sulfonamides is 1. The molecule has 1 saturated heterocycles. The van der Waals surface area contributed by atoms with E-state index in [4.69, 9.17) is 0 Å². The van der Waals surface area contributed by atoms with Crippen LogP contribution in [0, 0.1) is 5.92 Å². The van der Waals surface area contributed by atoms with Crippen molar-refractivity contribution in [2.45, 2.75) is 30.2 Å². The fourth-order valence-corrected chi connectivity index (χ4v) is 5.87. The molecule has 2 amide bonds. The summed E-state index contributed by atoms with van der Waals surface area (Å²) in [6.45, 7) is 1.45. The van der Waals surface area contributed by atoms with Gasteiger partial charge in [-0.15, -0.1) is 11.3 Å². The molecule has 0 aliphatic carbocycles. The minimum Gasteiger partial charge on any atom is -0.325 e. The van der Waals surface area contributed by atoms with E-state index in [1.165, 1.54) is 17.3 Å². The highest BCUT2D eigenvalue weighted by atomic mass is 32.2. The predicted molar refractivity (Wildman–Crippen MR) is 110 cm³/mol. The number of carbonyl (C=O) groups is 2. The molecule has 1 fully saturated rings. The van der Waals surface area contributed by atoms with Crippen LogP contribution >= 0.6 is 11.3 Å². The lowest BCUT2D eigenvalue weighted by atomic mass is 9.97. The van der Waals surface area contributed by atoms with Crippen LogP contribution in [0.3, 0.4) is 0 Å². The molecule has 0 bridgehead atoms. The van der Waals surface area contributed by atoms with Gasteiger partial charge in [-0.05, 0) is 42.5 Å². The van der Waals surface area contributed by atoms with Gasteiger partial charge < -0.3 is 10.6 Å². The molecule has 0 atom stereocenters. The van der Waals surface area contributed by atoms with Crippen LogP contribution in [0.1, 0.15) is 25.3 Å². The monoisotopic (exact) mass is 475 g/mol. The predicted octanol–water partition coefficient (Wildman–Crippen LogP) is 3.76. The largest absolute Gasteiger partial charge is 0.416 e. The van der Waals surface area contributed by atoms with E-state index in [0.717, 1.165) is 29.5 Å². The smallest absolute Gasteiger partial charge is 0.325 e. The first-order chi connectivity index (χ1) is 14.5. The minimum atomic E-state index is -4.62. The molecule has 0 saturated carbocycles. The minimum absolute atomic E-state index is 0.0477. The maximum Gasteiger partial charge on any atom is 0.416 e. The van der Waals surface area contributed by atoms with Gasteiger partial charge in [0.25, 0.3) is 10.0 Å². The third-order valence-corrected chi connectivity index (χ3v) is 8.10. The maximum absolute atomic E-state index is 13.1. The first-order valence-corrected chi connectivity index (χ1v) is 11.6. The van der Waals surface area contributed by atoms with Crippen LogP contribution in [-0.4, -0.2) is 37.6 Å². The van der Waals surface area contributed by atoms with E-state index in [1.807, 2.05) is 0 Å². The number of nitrogens with one attached hydrogen (secondary N) is 2. The van der Waals surface area contributed by atoms with E-state index >= 15 is 0 Å². The summed E-state index contributed by atoms with van der Waals surface area (Å²) in [7, 11) is -3.62. The van der Waals surface area contributed by atoms with Crippen molar-refractivity contribution in [3.05, 3.63) is 41.3 Å². The summed E-state index contributed by atoms with van der Waals surface area (Å²) < 4.78 is 65.9. The molecule has 12 heteroatoms. The molecule has 168 valence electrons. The Balaban J connectivity index is 1.71. The van der Waals surface area contributed by atoms with Crippen LogP contribution in [0.5, 0.6) is 0 Å². The van der Waals surface area contributed by atoms with Crippen molar-refractivity contribution in [3.8, 4) is 0 Å². The lowest BCUT2D eigenvalue weighted by molar-refractivity contribution is -0.137. The molecule has 7 nitrogen and oxygen atoms in total. The van der Waals surface area contributed by atoms with Crippen molar-refractivity contribution in [3.63, 3.8) is 0 Å². The summed E-state index contributed by atoms with van der Waals surface area (Å²) in [5.74, 6) is -1.60. The van der Waals surface area contributed by atoms with Gasteiger partial charge in [-0.3, -0.25) is 9.59 Å². The second-order valence-corrected chi connectivity index (χ2v) is 10.2. The first-order valence-electron chi connectivity index (χ1n) is 9.32. The number of amides is 2. The van der Waals surface area contributed by atoms with Gasteiger partial charge in [-0.2, -0.15) is 17.5 Å². The quantitative estimate of drug-likeness (QED) is 0.688. The molecule has 0 radical (unpaired) electrons. The standard InChI is InChI=1S/C19H20F3N3O4S2/c1-12(26)23-15-5-4-14(19(20,21)22)11-16(15)24-18(27)13-6-8-25(9-7-13)31(28,29)17-3-2-10-30-17/h2-5,10-11,13H,6-9H2,1H3,(H,23,26)(H,24,27). The van der Waals surface area contributed by atoms with Crippen molar-refractivity contribution in [2.75, 3.05) is 23.7 Å². The zero-order valence-electron chi connectivity index (χ0n) is 16.4. The summed E-state index contributed by atoms with van der Waals surface area (Å²) >= 11 is 1.11. The highest BCUT2D eigenvalue weighted by molar-refractivity contribution is 7.91. The lowest BCUT2D eigenvalue weighted by Gasteiger charge is -2.30. The molecule has 1 aliphatic rings. The molecular weight excluding hydrogens is 455 g/mol. The topological polar surface area (TPSA) is 95.6 Å². The Labute approximate surface area is 181 Å². The summed E-state index contributed by atoms with van der Waals surface area (Å²) in [5.41, 5.74) is -1.08. The first kappa shape index (κ1) is 23.2. The van der Waals surface area contributed by atoms with Crippen LogP contribution in [0.15, 0.2) is 39.9 Å². The molecule has 2 aromatic rings. The number of thiophene rings is 1. The summed E-state index contributed by atoms with van der Waals surface area (Å²) in [4.78, 5) is 24.0. The molecule has 0 spiro atoms. The third-order valence-electron chi connectivity index (χ3n) is 4.83. The molecule has 1 aromatic carbocycles. The third kappa shape index (κ3) is 5.43. The number of carbonyl (C=O) groups excluding carboxylic acids is 2. The molecule has 31 heavy (non-hydrogen) atoms. The van der Waals surface area contributed by atoms with E-state index in [0.29, 0.717) is 0 Å². The number of halogens is 3. The van der Waals surface area contributed by atoms with Crippen molar-refractivity contribution in [1.29, 1.82) is 0 Å². The number of alkyl halides is 3. The summed E-state index contributed by atoms with van der Waals surface area (Å²) in [6.07, 6.45) is -4.16. The number of hydrogen-bond acceptors (Lipinski definition) is 5. The average Bonchev–Trinajstić information content (AvgIpc) is 3.24. The Kier molecular flexibility index (Phi) is 6.72. The van der Waals surface area contributed by atoms with Crippen molar-refractivity contribution in [2.24, 2.45) is 5.92 Å². The van der Waals surface area contributed by atoms with Crippen LogP contribution in [-0.2, 0) is 25.8 Å². The van der Waals surface area contributed by atoms with Gasteiger partial charge in [-0.1, -0.05) is 6.07 Å². The summed E-state index contributed by atoms with van der Waals surface area (Å²) in [5, 5.41) is 6.52. The number of hydrogen-bond donors (Lipinski definition) is 2. The van der Waals surface area contributed by atoms with Gasteiger partial charge in [0.05, 0.1) is 16.9 Å². The maximum atomic E-state index is 13.1. The van der Waals surface area contributed by atoms with Crippen molar-refractivity contribution in [1.82, 2.24) is 4.31 Å². The van der Waals surface area contributed by atoms with Gasteiger partial charge in [0.15, 0.2) is 0 Å². The Morgan fingerprint density at radius 3 is 2.32 bits per heavy atom. The van der Waals surface area contributed by atoms with Crippen LogP contribution in [0.25, 0.3) is 0 Å². The highest BCUT2D eigenvalue weighted by Crippen LogP contribution is 2.35. The van der Waals surface area contributed by atoms with Crippen LogP contribution in [0.2, 0.25) is 0 Å². The fourth-order valence-electron chi connectivity index (χ4n) is 3.25. The van der Waals surface area contributed by atoms with E-state index in [2.05, 4.69) is 10.6 Å².